The molecule has 7 heteroatoms. The van der Waals surface area contributed by atoms with Crippen LogP contribution in [0, 0.1) is 12.3 Å². The molecule has 1 aromatic rings. The summed E-state index contributed by atoms with van der Waals surface area (Å²) in [5.74, 6) is 1.40. The van der Waals surface area contributed by atoms with E-state index in [1.807, 2.05) is 0 Å². The lowest BCUT2D eigenvalue weighted by Gasteiger charge is -2.27. The van der Waals surface area contributed by atoms with Crippen molar-refractivity contribution in [3.8, 4) is 23.8 Å². The molecule has 0 saturated carbocycles. The quantitative estimate of drug-likeness (QED) is 0.672. The molecule has 0 atom stereocenters. The van der Waals surface area contributed by atoms with Crippen molar-refractivity contribution >= 4 is 17.7 Å². The standard InChI is InChI=1S/C17H21NO6/c1-7-8-18(16(21)24-17(2,3)4)12-10-13(19)11(15(20)23-6)9-14(12)22-5/h1,9-10,19H,8H2,2-6H3. The van der Waals surface area contributed by atoms with Crippen LogP contribution in [0.25, 0.3) is 0 Å². The van der Waals surface area contributed by atoms with Gasteiger partial charge in [0.15, 0.2) is 0 Å². The van der Waals surface area contributed by atoms with Crippen molar-refractivity contribution < 1.29 is 28.9 Å². The number of ether oxygens (including phenoxy) is 3. The molecule has 0 spiro atoms. The molecule has 0 saturated heterocycles. The van der Waals surface area contributed by atoms with Crippen LogP contribution in [0.3, 0.4) is 0 Å². The highest BCUT2D eigenvalue weighted by Gasteiger charge is 2.27. The van der Waals surface area contributed by atoms with Crippen molar-refractivity contribution in [1.82, 2.24) is 0 Å². The zero-order valence-corrected chi connectivity index (χ0v) is 14.4. The Kier molecular flexibility index (Phi) is 6.07. The van der Waals surface area contributed by atoms with Crippen molar-refractivity contribution in [1.29, 1.82) is 0 Å². The van der Waals surface area contributed by atoms with E-state index in [4.69, 9.17) is 15.9 Å². The van der Waals surface area contributed by atoms with E-state index in [1.54, 1.807) is 20.8 Å². The number of amides is 1. The monoisotopic (exact) mass is 335 g/mol. The normalized spacial score (nSPS) is 10.5. The van der Waals surface area contributed by atoms with Crippen LogP contribution in [0.2, 0.25) is 0 Å². The van der Waals surface area contributed by atoms with Crippen LogP contribution in [-0.2, 0) is 9.47 Å². The molecule has 0 radical (unpaired) electrons. The number of hydrogen-bond acceptors (Lipinski definition) is 6. The third kappa shape index (κ3) is 4.56. The lowest BCUT2D eigenvalue weighted by molar-refractivity contribution is 0.0581. The average molecular weight is 335 g/mol. The molecule has 0 aromatic heterocycles. The molecule has 1 N–H and O–H groups in total. The molecule has 1 rings (SSSR count). The summed E-state index contributed by atoms with van der Waals surface area (Å²) < 4.78 is 15.1. The van der Waals surface area contributed by atoms with Crippen molar-refractivity contribution in [3.63, 3.8) is 0 Å². The molecule has 0 heterocycles. The molecular weight excluding hydrogens is 314 g/mol. The van der Waals surface area contributed by atoms with Crippen LogP contribution in [0.4, 0.5) is 10.5 Å². The number of anilines is 1. The first-order valence-electron chi connectivity index (χ1n) is 7.08. The summed E-state index contributed by atoms with van der Waals surface area (Å²) >= 11 is 0. The van der Waals surface area contributed by atoms with Crippen LogP contribution >= 0.6 is 0 Å². The Morgan fingerprint density at radius 3 is 2.38 bits per heavy atom. The van der Waals surface area contributed by atoms with Crippen molar-refractivity contribution in [2.75, 3.05) is 25.7 Å². The second-order valence-electron chi connectivity index (χ2n) is 5.80. The third-order valence-corrected chi connectivity index (χ3v) is 2.86. The maximum atomic E-state index is 12.4. The summed E-state index contributed by atoms with van der Waals surface area (Å²) in [6.07, 6.45) is 4.62. The Balaban J connectivity index is 3.38. The number of rotatable bonds is 4. The fraction of sp³-hybridized carbons (Fsp3) is 0.412. The van der Waals surface area contributed by atoms with Crippen molar-refractivity contribution in [3.05, 3.63) is 17.7 Å². The lowest BCUT2D eigenvalue weighted by atomic mass is 10.1. The predicted octanol–water partition coefficient (Wildman–Crippen LogP) is 2.56. The Morgan fingerprint density at radius 1 is 1.29 bits per heavy atom. The highest BCUT2D eigenvalue weighted by molar-refractivity contribution is 5.96. The van der Waals surface area contributed by atoms with Crippen LogP contribution < -0.4 is 9.64 Å². The zero-order valence-electron chi connectivity index (χ0n) is 14.4. The number of phenolic OH excluding ortho intramolecular Hbond substituents is 1. The summed E-state index contributed by atoms with van der Waals surface area (Å²) in [4.78, 5) is 25.2. The van der Waals surface area contributed by atoms with Crippen molar-refractivity contribution in [2.45, 2.75) is 26.4 Å². The van der Waals surface area contributed by atoms with Gasteiger partial charge >= 0.3 is 12.1 Å². The molecule has 0 unspecified atom stereocenters. The van der Waals surface area contributed by atoms with Gasteiger partial charge in [0.1, 0.15) is 22.7 Å². The summed E-state index contributed by atoms with van der Waals surface area (Å²) in [6, 6.07) is 2.47. The maximum absolute atomic E-state index is 12.4. The number of hydrogen-bond donors (Lipinski definition) is 1. The topological polar surface area (TPSA) is 85.3 Å². The summed E-state index contributed by atoms with van der Waals surface area (Å²) in [5, 5.41) is 10.1. The minimum absolute atomic E-state index is 0.0945. The van der Waals surface area contributed by atoms with Crippen molar-refractivity contribution in [2.24, 2.45) is 0 Å². The number of nitrogens with zero attached hydrogens (tertiary/aromatic N) is 1. The first kappa shape index (κ1) is 19.2. The number of phenols is 1. The van der Waals surface area contributed by atoms with Gasteiger partial charge < -0.3 is 19.3 Å². The van der Waals surface area contributed by atoms with Crippen LogP contribution in [-0.4, -0.2) is 43.5 Å². The molecule has 0 bridgehead atoms. The van der Waals surface area contributed by atoms with Gasteiger partial charge in [0.2, 0.25) is 0 Å². The van der Waals surface area contributed by atoms with Gasteiger partial charge in [-0.1, -0.05) is 5.92 Å². The average Bonchev–Trinajstić information content (AvgIpc) is 2.49. The molecule has 0 aliphatic carbocycles. The lowest BCUT2D eigenvalue weighted by Crippen LogP contribution is -2.37. The van der Waals surface area contributed by atoms with Crippen LogP contribution in [0.15, 0.2) is 12.1 Å². The number of methoxy groups -OCH3 is 2. The van der Waals surface area contributed by atoms with Gasteiger partial charge in [-0.25, -0.2) is 9.59 Å². The first-order valence-corrected chi connectivity index (χ1v) is 7.08. The van der Waals surface area contributed by atoms with E-state index in [1.165, 1.54) is 26.4 Å². The molecule has 7 nitrogen and oxygen atoms in total. The fourth-order valence-electron chi connectivity index (χ4n) is 1.86. The van der Waals surface area contributed by atoms with E-state index in [-0.39, 0.29) is 29.3 Å². The highest BCUT2D eigenvalue weighted by atomic mass is 16.6. The van der Waals surface area contributed by atoms with Gasteiger partial charge in [-0.05, 0) is 20.8 Å². The fourth-order valence-corrected chi connectivity index (χ4v) is 1.86. The van der Waals surface area contributed by atoms with E-state index in [0.717, 1.165) is 4.90 Å². The number of esters is 1. The Labute approximate surface area is 141 Å². The molecule has 0 fully saturated rings. The highest BCUT2D eigenvalue weighted by Crippen LogP contribution is 2.36. The third-order valence-electron chi connectivity index (χ3n) is 2.86. The van der Waals surface area contributed by atoms with Gasteiger partial charge in [0, 0.05) is 12.1 Å². The molecule has 130 valence electrons. The molecule has 24 heavy (non-hydrogen) atoms. The Bertz CT molecular complexity index is 669. The summed E-state index contributed by atoms with van der Waals surface area (Å²) in [5.41, 5.74) is -0.650. The van der Waals surface area contributed by atoms with E-state index in [0.29, 0.717) is 0 Å². The SMILES string of the molecule is C#CCN(C(=O)OC(C)(C)C)c1cc(O)c(C(=O)OC)cc1OC. The smallest absolute Gasteiger partial charge is 0.415 e. The van der Waals surface area contributed by atoms with E-state index in [2.05, 4.69) is 10.7 Å². The van der Waals surface area contributed by atoms with E-state index >= 15 is 0 Å². The summed E-state index contributed by atoms with van der Waals surface area (Å²) in [6.45, 7) is 5.04. The maximum Gasteiger partial charge on any atom is 0.415 e. The number of carbonyl (C=O) groups excluding carboxylic acids is 2. The van der Waals surface area contributed by atoms with Gasteiger partial charge in [-0.15, -0.1) is 6.42 Å². The number of aromatic hydroxyl groups is 1. The number of terminal acetylenes is 1. The predicted molar refractivity (Wildman–Crippen MR) is 88.4 cm³/mol. The minimum Gasteiger partial charge on any atom is -0.507 e. The Morgan fingerprint density at radius 2 is 1.92 bits per heavy atom. The second kappa shape index (κ2) is 7.59. The van der Waals surface area contributed by atoms with E-state index in [9.17, 15) is 14.7 Å². The van der Waals surface area contributed by atoms with Gasteiger partial charge in [0.05, 0.1) is 26.5 Å². The molecular formula is C17H21NO6. The molecule has 1 amide bonds. The van der Waals surface area contributed by atoms with Crippen LogP contribution in [0.5, 0.6) is 11.5 Å². The number of benzene rings is 1. The first-order chi connectivity index (χ1) is 11.1. The van der Waals surface area contributed by atoms with Gasteiger partial charge in [0.25, 0.3) is 0 Å². The zero-order chi connectivity index (χ0) is 18.5. The van der Waals surface area contributed by atoms with Gasteiger partial charge in [-0.2, -0.15) is 0 Å². The molecule has 1 aromatic carbocycles. The van der Waals surface area contributed by atoms with Gasteiger partial charge in [-0.3, -0.25) is 4.90 Å². The summed E-state index contributed by atoms with van der Waals surface area (Å²) in [7, 11) is 2.55. The molecule has 0 aliphatic heterocycles. The number of carbonyl (C=O) groups is 2. The molecule has 0 aliphatic rings. The second-order valence-corrected chi connectivity index (χ2v) is 5.80. The Hall–Kier alpha value is -2.88. The minimum atomic E-state index is -0.738. The largest absolute Gasteiger partial charge is 0.507 e. The van der Waals surface area contributed by atoms with Crippen LogP contribution in [0.1, 0.15) is 31.1 Å². The van der Waals surface area contributed by atoms with E-state index < -0.39 is 17.7 Å².